The van der Waals surface area contributed by atoms with Crippen LogP contribution in [0, 0.1) is 0 Å². The molecule has 0 heterocycles. The van der Waals surface area contributed by atoms with E-state index in [4.69, 9.17) is 4.74 Å². The van der Waals surface area contributed by atoms with Gasteiger partial charge in [-0.3, -0.25) is 4.79 Å². The third-order valence-corrected chi connectivity index (χ3v) is 3.83. The molecule has 4 heteroatoms. The fraction of sp³-hybridized carbons (Fsp3) is 0.944. The molecule has 0 atom stereocenters. The summed E-state index contributed by atoms with van der Waals surface area (Å²) in [6.45, 7) is 2.61. The lowest BCUT2D eigenvalue weighted by Gasteiger charge is -2.05. The summed E-state index contributed by atoms with van der Waals surface area (Å²) in [5.41, 5.74) is 0. The number of unbranched alkanes of at least 4 members (excludes halogenated alkanes) is 11. The third-order valence-electron chi connectivity index (χ3n) is 3.83. The highest BCUT2D eigenvalue weighted by molar-refractivity contribution is 5.69. The molecule has 132 valence electrons. The van der Waals surface area contributed by atoms with E-state index in [9.17, 15) is 13.6 Å². The van der Waals surface area contributed by atoms with E-state index in [-0.39, 0.29) is 6.42 Å². The first-order valence-electron chi connectivity index (χ1n) is 9.10. The molecule has 22 heavy (non-hydrogen) atoms. The van der Waals surface area contributed by atoms with Gasteiger partial charge in [0.2, 0.25) is 6.43 Å². The lowest BCUT2D eigenvalue weighted by Crippen LogP contribution is -2.07. The van der Waals surface area contributed by atoms with Gasteiger partial charge in [0, 0.05) is 6.42 Å². The average molecular weight is 320 g/mol. The summed E-state index contributed by atoms with van der Waals surface area (Å²) in [7, 11) is 0. The van der Waals surface area contributed by atoms with E-state index < -0.39 is 18.8 Å². The van der Waals surface area contributed by atoms with E-state index in [0.29, 0.717) is 6.61 Å². The largest absolute Gasteiger partial charge is 0.466 e. The molecule has 0 bridgehead atoms. The van der Waals surface area contributed by atoms with Crippen molar-refractivity contribution < 1.29 is 18.3 Å². The molecule has 0 aromatic heterocycles. The van der Waals surface area contributed by atoms with Gasteiger partial charge in [-0.05, 0) is 6.42 Å². The van der Waals surface area contributed by atoms with Crippen molar-refractivity contribution in [2.75, 3.05) is 6.61 Å². The lowest BCUT2D eigenvalue weighted by molar-refractivity contribution is -0.144. The number of hydrogen-bond donors (Lipinski definition) is 0. The van der Waals surface area contributed by atoms with E-state index in [1.807, 2.05) is 0 Å². The number of halogens is 2. The summed E-state index contributed by atoms with van der Waals surface area (Å²) in [6, 6.07) is 0. The Morgan fingerprint density at radius 2 is 1.27 bits per heavy atom. The Kier molecular flexibility index (Phi) is 16.2. The van der Waals surface area contributed by atoms with Crippen LogP contribution >= 0.6 is 0 Å². The van der Waals surface area contributed by atoms with Crippen LogP contribution < -0.4 is 0 Å². The van der Waals surface area contributed by atoms with Crippen LogP contribution in [0.5, 0.6) is 0 Å². The van der Waals surface area contributed by atoms with E-state index in [2.05, 4.69) is 6.92 Å². The monoisotopic (exact) mass is 320 g/mol. The average Bonchev–Trinajstić information content (AvgIpc) is 2.49. The molecule has 0 rings (SSSR count). The number of esters is 1. The molecule has 0 aliphatic carbocycles. The molecule has 0 spiro atoms. The van der Waals surface area contributed by atoms with E-state index in [1.54, 1.807) is 0 Å². The van der Waals surface area contributed by atoms with Gasteiger partial charge in [-0.2, -0.15) is 0 Å². The highest BCUT2D eigenvalue weighted by atomic mass is 19.3. The van der Waals surface area contributed by atoms with Crippen LogP contribution in [0.3, 0.4) is 0 Å². The number of ether oxygens (including phenoxy) is 1. The van der Waals surface area contributed by atoms with Crippen molar-refractivity contribution in [3.05, 3.63) is 0 Å². The Morgan fingerprint density at radius 3 is 1.73 bits per heavy atom. The molecule has 2 nitrogen and oxygen atoms in total. The van der Waals surface area contributed by atoms with Gasteiger partial charge in [-0.1, -0.05) is 77.6 Å². The van der Waals surface area contributed by atoms with Gasteiger partial charge in [-0.25, -0.2) is 8.78 Å². The Balaban J connectivity index is 3.09. The van der Waals surface area contributed by atoms with E-state index >= 15 is 0 Å². The molecule has 0 aliphatic rings. The minimum absolute atomic E-state index is 0.171. The maximum Gasteiger partial charge on any atom is 0.305 e. The zero-order valence-corrected chi connectivity index (χ0v) is 14.3. The number of carbonyl (C=O) groups is 1. The van der Waals surface area contributed by atoms with Crippen LogP contribution in [0.4, 0.5) is 8.78 Å². The zero-order chi connectivity index (χ0) is 16.5. The minimum Gasteiger partial charge on any atom is -0.466 e. The Labute approximate surface area is 135 Å². The van der Waals surface area contributed by atoms with Gasteiger partial charge in [0.15, 0.2) is 0 Å². The second-order valence-electron chi connectivity index (χ2n) is 6.04. The van der Waals surface area contributed by atoms with Gasteiger partial charge >= 0.3 is 5.97 Å². The predicted octanol–water partition coefficient (Wildman–Crippen LogP) is 6.28. The number of alkyl halides is 2. The lowest BCUT2D eigenvalue weighted by atomic mass is 10.1. The molecule has 0 radical (unpaired) electrons. The maximum atomic E-state index is 11.9. The molecule has 0 aromatic carbocycles. The molecule has 0 aliphatic heterocycles. The fourth-order valence-corrected chi connectivity index (χ4v) is 2.43. The van der Waals surface area contributed by atoms with Crippen LogP contribution in [-0.4, -0.2) is 19.0 Å². The van der Waals surface area contributed by atoms with E-state index in [1.165, 1.54) is 64.2 Å². The topological polar surface area (TPSA) is 26.3 Å². The summed E-state index contributed by atoms with van der Waals surface area (Å²) < 4.78 is 28.7. The number of hydrogen-bond acceptors (Lipinski definition) is 2. The smallest absolute Gasteiger partial charge is 0.305 e. The molecule has 0 saturated carbocycles. The number of rotatable bonds is 16. The Bertz CT molecular complexity index is 245. The molecule has 0 saturated heterocycles. The Hall–Kier alpha value is -0.670. The third kappa shape index (κ3) is 17.4. The first-order chi connectivity index (χ1) is 10.7. The summed E-state index contributed by atoms with van der Waals surface area (Å²) in [5.74, 6) is -0.497. The van der Waals surface area contributed by atoms with Crippen molar-refractivity contribution in [2.45, 2.75) is 103 Å². The molecular weight excluding hydrogens is 286 g/mol. The van der Waals surface area contributed by atoms with Crippen molar-refractivity contribution in [3.8, 4) is 0 Å². The minimum atomic E-state index is -2.42. The highest BCUT2D eigenvalue weighted by Crippen LogP contribution is 2.12. The van der Waals surface area contributed by atoms with E-state index in [0.717, 1.165) is 12.8 Å². The predicted molar refractivity (Wildman–Crippen MR) is 87.3 cm³/mol. The highest BCUT2D eigenvalue weighted by Gasteiger charge is 2.08. The zero-order valence-electron chi connectivity index (χ0n) is 14.3. The molecule has 0 fully saturated rings. The molecule has 0 aromatic rings. The summed E-state index contributed by atoms with van der Waals surface area (Å²) in [5, 5.41) is 0. The second kappa shape index (κ2) is 16.7. The Morgan fingerprint density at radius 1 is 0.818 bits per heavy atom. The summed E-state index contributed by atoms with van der Waals surface area (Å²) >= 11 is 0. The van der Waals surface area contributed by atoms with Crippen molar-refractivity contribution >= 4 is 5.97 Å². The van der Waals surface area contributed by atoms with Gasteiger partial charge in [0.1, 0.15) is 0 Å². The van der Waals surface area contributed by atoms with Crippen molar-refractivity contribution in [3.63, 3.8) is 0 Å². The molecule has 0 N–H and O–H groups in total. The quantitative estimate of drug-likeness (QED) is 0.247. The first-order valence-corrected chi connectivity index (χ1v) is 9.10. The SMILES string of the molecule is CCCCCCCCCCCCCCOC(=O)CCC(F)F. The second-order valence-corrected chi connectivity index (χ2v) is 6.04. The number of carbonyl (C=O) groups excluding carboxylic acids is 1. The van der Waals surface area contributed by atoms with Gasteiger partial charge in [0.05, 0.1) is 13.0 Å². The molecular formula is C18H34F2O2. The van der Waals surface area contributed by atoms with Crippen LogP contribution in [0.2, 0.25) is 0 Å². The normalized spacial score (nSPS) is 11.1. The van der Waals surface area contributed by atoms with Crippen molar-refractivity contribution in [1.82, 2.24) is 0 Å². The molecule has 0 unspecified atom stereocenters. The van der Waals surface area contributed by atoms with Crippen molar-refractivity contribution in [2.24, 2.45) is 0 Å². The summed E-state index contributed by atoms with van der Waals surface area (Å²) in [4.78, 5) is 11.1. The van der Waals surface area contributed by atoms with Gasteiger partial charge in [0.25, 0.3) is 0 Å². The van der Waals surface area contributed by atoms with Crippen LogP contribution in [0.1, 0.15) is 96.8 Å². The van der Waals surface area contributed by atoms with Gasteiger partial charge in [-0.15, -0.1) is 0 Å². The summed E-state index contributed by atoms with van der Waals surface area (Å²) in [6.07, 6.45) is 12.1. The van der Waals surface area contributed by atoms with Crippen molar-refractivity contribution in [1.29, 1.82) is 0 Å². The van der Waals surface area contributed by atoms with Crippen LogP contribution in [0.15, 0.2) is 0 Å². The van der Waals surface area contributed by atoms with Crippen LogP contribution in [0.25, 0.3) is 0 Å². The first kappa shape index (κ1) is 21.3. The standard InChI is InChI=1S/C18H34F2O2/c1-2-3-4-5-6-7-8-9-10-11-12-13-16-22-18(21)15-14-17(19)20/h17H,2-16H2,1H3. The molecule has 0 amide bonds. The van der Waals surface area contributed by atoms with Crippen LogP contribution in [-0.2, 0) is 9.53 Å². The fourth-order valence-electron chi connectivity index (χ4n) is 2.43. The maximum absolute atomic E-state index is 11.9. The van der Waals surface area contributed by atoms with Gasteiger partial charge < -0.3 is 4.74 Å².